The minimum absolute atomic E-state index is 0.826. The summed E-state index contributed by atoms with van der Waals surface area (Å²) in [4.78, 5) is 2.27. The van der Waals surface area contributed by atoms with Crippen molar-refractivity contribution >= 4 is 6.08 Å². The zero-order chi connectivity index (χ0) is 11.2. The Morgan fingerprint density at radius 2 is 1.88 bits per heavy atom. The molecule has 0 radical (unpaired) electrons. The second kappa shape index (κ2) is 5.56. The third kappa shape index (κ3) is 3.00. The van der Waals surface area contributed by atoms with Crippen LogP contribution in [0, 0.1) is 0 Å². The monoisotopic (exact) mass is 219 g/mol. The molecule has 0 amide bonds. The fraction of sp³-hybridized carbons (Fsp3) is 0.385. The van der Waals surface area contributed by atoms with E-state index in [1.54, 1.807) is 7.11 Å². The SMILES string of the molecule is COc1ccc(/C=C/N2CCOCC2)cc1. The van der Waals surface area contributed by atoms with E-state index < -0.39 is 0 Å². The van der Waals surface area contributed by atoms with Crippen LogP contribution in [0.5, 0.6) is 5.75 Å². The van der Waals surface area contributed by atoms with Gasteiger partial charge in [-0.2, -0.15) is 0 Å². The zero-order valence-corrected chi connectivity index (χ0v) is 9.56. The highest BCUT2D eigenvalue weighted by molar-refractivity contribution is 5.50. The lowest BCUT2D eigenvalue weighted by Crippen LogP contribution is -2.31. The van der Waals surface area contributed by atoms with E-state index >= 15 is 0 Å². The van der Waals surface area contributed by atoms with Crippen LogP contribution in [0.25, 0.3) is 6.08 Å². The van der Waals surface area contributed by atoms with E-state index in [9.17, 15) is 0 Å². The van der Waals surface area contributed by atoms with E-state index in [0.717, 1.165) is 32.1 Å². The molecule has 1 aliphatic heterocycles. The lowest BCUT2D eigenvalue weighted by molar-refractivity contribution is 0.0597. The average molecular weight is 219 g/mol. The summed E-state index contributed by atoms with van der Waals surface area (Å²) in [5.74, 6) is 0.892. The lowest BCUT2D eigenvalue weighted by atomic mass is 10.2. The van der Waals surface area contributed by atoms with Crippen molar-refractivity contribution in [1.29, 1.82) is 0 Å². The first-order valence-corrected chi connectivity index (χ1v) is 5.52. The molecule has 0 aliphatic carbocycles. The molecule has 0 bridgehead atoms. The molecule has 1 aromatic rings. The Morgan fingerprint density at radius 1 is 1.19 bits per heavy atom. The molecule has 1 saturated heterocycles. The van der Waals surface area contributed by atoms with E-state index in [1.807, 2.05) is 12.1 Å². The van der Waals surface area contributed by atoms with Gasteiger partial charge in [0.05, 0.1) is 20.3 Å². The molecule has 0 spiro atoms. The lowest BCUT2D eigenvalue weighted by Gasteiger charge is -2.24. The summed E-state index contributed by atoms with van der Waals surface area (Å²) < 4.78 is 10.4. The fourth-order valence-corrected chi connectivity index (χ4v) is 1.63. The van der Waals surface area contributed by atoms with E-state index in [2.05, 4.69) is 29.3 Å². The topological polar surface area (TPSA) is 21.7 Å². The normalized spacial score (nSPS) is 16.7. The highest BCUT2D eigenvalue weighted by Crippen LogP contribution is 2.12. The predicted octanol–water partition coefficient (Wildman–Crippen LogP) is 2.00. The van der Waals surface area contributed by atoms with Crippen LogP contribution >= 0.6 is 0 Å². The van der Waals surface area contributed by atoms with Crippen molar-refractivity contribution in [2.75, 3.05) is 33.4 Å². The summed E-state index contributed by atoms with van der Waals surface area (Å²) in [6.45, 7) is 3.61. The van der Waals surface area contributed by atoms with E-state index in [0.29, 0.717) is 0 Å². The van der Waals surface area contributed by atoms with Gasteiger partial charge in [0, 0.05) is 13.1 Å². The van der Waals surface area contributed by atoms with Gasteiger partial charge in [-0.15, -0.1) is 0 Å². The Morgan fingerprint density at radius 3 is 2.50 bits per heavy atom. The van der Waals surface area contributed by atoms with Crippen LogP contribution in [0.1, 0.15) is 5.56 Å². The molecule has 2 rings (SSSR count). The summed E-state index contributed by atoms with van der Waals surface area (Å²) in [5, 5.41) is 0. The number of hydrogen-bond acceptors (Lipinski definition) is 3. The Labute approximate surface area is 96.3 Å². The Balaban J connectivity index is 1.94. The summed E-state index contributed by atoms with van der Waals surface area (Å²) >= 11 is 0. The number of methoxy groups -OCH3 is 1. The number of benzene rings is 1. The van der Waals surface area contributed by atoms with E-state index in [1.165, 1.54) is 5.56 Å². The Bertz CT molecular complexity index is 339. The third-order valence-corrected chi connectivity index (χ3v) is 2.64. The second-order valence-corrected chi connectivity index (χ2v) is 3.74. The highest BCUT2D eigenvalue weighted by atomic mass is 16.5. The molecule has 1 fully saturated rings. The van der Waals surface area contributed by atoms with Crippen LogP contribution in [0.2, 0.25) is 0 Å². The largest absolute Gasteiger partial charge is 0.497 e. The van der Waals surface area contributed by atoms with Crippen molar-refractivity contribution in [2.24, 2.45) is 0 Å². The van der Waals surface area contributed by atoms with Gasteiger partial charge in [0.15, 0.2) is 0 Å². The molecule has 3 nitrogen and oxygen atoms in total. The number of ether oxygens (including phenoxy) is 2. The fourth-order valence-electron chi connectivity index (χ4n) is 1.63. The van der Waals surface area contributed by atoms with Crippen LogP contribution in [0.4, 0.5) is 0 Å². The molecule has 1 heterocycles. The maximum Gasteiger partial charge on any atom is 0.118 e. The molecule has 1 aliphatic rings. The molecule has 0 N–H and O–H groups in total. The average Bonchev–Trinajstić information content (AvgIpc) is 2.38. The minimum Gasteiger partial charge on any atom is -0.497 e. The molecular weight excluding hydrogens is 202 g/mol. The van der Waals surface area contributed by atoms with Crippen molar-refractivity contribution in [3.8, 4) is 5.75 Å². The smallest absolute Gasteiger partial charge is 0.118 e. The van der Waals surface area contributed by atoms with Gasteiger partial charge in [-0.25, -0.2) is 0 Å². The summed E-state index contributed by atoms with van der Waals surface area (Å²) in [6, 6.07) is 8.05. The first-order chi connectivity index (χ1) is 7.88. The first kappa shape index (κ1) is 11.0. The number of nitrogens with zero attached hydrogens (tertiary/aromatic N) is 1. The molecule has 0 saturated carbocycles. The van der Waals surface area contributed by atoms with Gasteiger partial charge in [0.2, 0.25) is 0 Å². The number of morpholine rings is 1. The van der Waals surface area contributed by atoms with Gasteiger partial charge in [-0.3, -0.25) is 0 Å². The van der Waals surface area contributed by atoms with Gasteiger partial charge < -0.3 is 14.4 Å². The molecule has 0 atom stereocenters. The van der Waals surface area contributed by atoms with Crippen LogP contribution in [0.15, 0.2) is 30.5 Å². The molecule has 86 valence electrons. The first-order valence-electron chi connectivity index (χ1n) is 5.52. The molecule has 3 heteroatoms. The molecule has 0 aromatic heterocycles. The maximum absolute atomic E-state index is 5.29. The minimum atomic E-state index is 0.826. The van der Waals surface area contributed by atoms with Crippen LogP contribution < -0.4 is 4.74 Å². The van der Waals surface area contributed by atoms with Crippen LogP contribution in [-0.2, 0) is 4.74 Å². The predicted molar refractivity (Wildman–Crippen MR) is 64.4 cm³/mol. The highest BCUT2D eigenvalue weighted by Gasteiger charge is 2.04. The van der Waals surface area contributed by atoms with Crippen molar-refractivity contribution in [2.45, 2.75) is 0 Å². The molecule has 0 unspecified atom stereocenters. The van der Waals surface area contributed by atoms with Crippen molar-refractivity contribution in [1.82, 2.24) is 4.90 Å². The Kier molecular flexibility index (Phi) is 3.83. The summed E-state index contributed by atoms with van der Waals surface area (Å²) in [6.07, 6.45) is 4.25. The zero-order valence-electron chi connectivity index (χ0n) is 9.56. The summed E-state index contributed by atoms with van der Waals surface area (Å²) in [7, 11) is 1.68. The van der Waals surface area contributed by atoms with Gasteiger partial charge >= 0.3 is 0 Å². The van der Waals surface area contributed by atoms with Crippen LogP contribution in [0.3, 0.4) is 0 Å². The maximum atomic E-state index is 5.29. The standard InChI is InChI=1S/C13H17NO2/c1-15-13-4-2-12(3-5-13)6-7-14-8-10-16-11-9-14/h2-7H,8-11H2,1H3/b7-6+. The molecule has 1 aromatic carbocycles. The van der Waals surface area contributed by atoms with Crippen molar-refractivity contribution in [3.05, 3.63) is 36.0 Å². The van der Waals surface area contributed by atoms with E-state index in [4.69, 9.17) is 9.47 Å². The number of hydrogen-bond donors (Lipinski definition) is 0. The van der Waals surface area contributed by atoms with Crippen molar-refractivity contribution < 1.29 is 9.47 Å². The van der Waals surface area contributed by atoms with Gasteiger partial charge in [-0.05, 0) is 30.0 Å². The van der Waals surface area contributed by atoms with Crippen molar-refractivity contribution in [3.63, 3.8) is 0 Å². The van der Waals surface area contributed by atoms with Gasteiger partial charge in [0.1, 0.15) is 5.75 Å². The Hall–Kier alpha value is -1.48. The third-order valence-electron chi connectivity index (χ3n) is 2.64. The second-order valence-electron chi connectivity index (χ2n) is 3.74. The van der Waals surface area contributed by atoms with Gasteiger partial charge in [-0.1, -0.05) is 12.1 Å². The molecular formula is C13H17NO2. The summed E-state index contributed by atoms with van der Waals surface area (Å²) in [5.41, 5.74) is 1.19. The molecule has 16 heavy (non-hydrogen) atoms. The van der Waals surface area contributed by atoms with Gasteiger partial charge in [0.25, 0.3) is 0 Å². The quantitative estimate of drug-likeness (QED) is 0.776. The number of rotatable bonds is 3. The van der Waals surface area contributed by atoms with E-state index in [-0.39, 0.29) is 0 Å². The van der Waals surface area contributed by atoms with Crippen LogP contribution in [-0.4, -0.2) is 38.3 Å².